The van der Waals surface area contributed by atoms with Crippen molar-refractivity contribution in [1.29, 1.82) is 0 Å². The second-order valence-corrected chi connectivity index (χ2v) is 10.3. The van der Waals surface area contributed by atoms with Crippen molar-refractivity contribution in [2.24, 2.45) is 10.7 Å². The van der Waals surface area contributed by atoms with Gasteiger partial charge in [-0.1, -0.05) is 70.2 Å². The van der Waals surface area contributed by atoms with Crippen LogP contribution in [0, 0.1) is 18.6 Å². The summed E-state index contributed by atoms with van der Waals surface area (Å²) in [6.45, 7) is 13.5. The first-order chi connectivity index (χ1) is 22.3. The monoisotopic (exact) mass is 625 g/mol. The minimum absolute atomic E-state index is 0.0773. The number of aliphatic imine (C=N–C) groups is 1. The van der Waals surface area contributed by atoms with Crippen LogP contribution in [0.3, 0.4) is 0 Å². The molecule has 240 valence electrons. The van der Waals surface area contributed by atoms with E-state index in [1.54, 1.807) is 6.07 Å². The van der Waals surface area contributed by atoms with E-state index in [4.69, 9.17) is 10.7 Å². The van der Waals surface area contributed by atoms with E-state index < -0.39 is 22.9 Å². The number of halogens is 2. The fourth-order valence-electron chi connectivity index (χ4n) is 5.23. The Bertz CT molecular complexity index is 1850. The molecule has 0 radical (unpaired) electrons. The third-order valence-electron chi connectivity index (χ3n) is 7.61. The molecule has 0 spiro atoms. The molecule has 0 bridgehead atoms. The van der Waals surface area contributed by atoms with Gasteiger partial charge in [0.05, 0.1) is 11.4 Å². The molecule has 0 aliphatic carbocycles. The predicted molar refractivity (Wildman–Crippen MR) is 184 cm³/mol. The first-order valence-electron chi connectivity index (χ1n) is 15.7. The second kappa shape index (κ2) is 15.9. The molecule has 3 aromatic carbocycles. The highest BCUT2D eigenvalue weighted by atomic mass is 19.1. The first-order valence-corrected chi connectivity index (χ1v) is 15.7. The number of amidine groups is 1. The summed E-state index contributed by atoms with van der Waals surface area (Å²) in [5, 5.41) is 3.71. The van der Waals surface area contributed by atoms with Crippen LogP contribution in [-0.4, -0.2) is 51.4 Å². The van der Waals surface area contributed by atoms with E-state index in [0.29, 0.717) is 34.6 Å². The topological polar surface area (TPSA) is 101 Å². The van der Waals surface area contributed by atoms with E-state index in [1.165, 1.54) is 12.1 Å². The van der Waals surface area contributed by atoms with E-state index in [9.17, 15) is 4.79 Å². The molecule has 0 unspecified atom stereocenters. The van der Waals surface area contributed by atoms with Gasteiger partial charge in [0.15, 0.2) is 5.65 Å². The summed E-state index contributed by atoms with van der Waals surface area (Å²) in [5.74, 6) is -1.19. The van der Waals surface area contributed by atoms with Crippen LogP contribution in [0.25, 0.3) is 28.0 Å². The summed E-state index contributed by atoms with van der Waals surface area (Å²) in [5.41, 5.74) is 8.85. The van der Waals surface area contributed by atoms with E-state index in [1.807, 2.05) is 69.3 Å². The molecule has 0 amide bonds. The molecule has 2 aromatic heterocycles. The molecule has 0 fully saturated rings. The SMILES string of the molecule is CC.CCN(CC)CCCNc1nc(-c2cccc(C(N)=Nc3ccccc3)c2C)c2ccc(=O)n(-c3c(F)cccc3F)c2n1. The zero-order valence-electron chi connectivity index (χ0n) is 27.0. The zero-order valence-corrected chi connectivity index (χ0v) is 27.0. The maximum absolute atomic E-state index is 15.1. The second-order valence-electron chi connectivity index (χ2n) is 10.3. The van der Waals surface area contributed by atoms with Gasteiger partial charge in [-0.15, -0.1) is 0 Å². The van der Waals surface area contributed by atoms with Crippen molar-refractivity contribution in [3.05, 3.63) is 112 Å². The minimum Gasteiger partial charge on any atom is -0.383 e. The number of para-hydroxylation sites is 2. The molecule has 5 aromatic rings. The van der Waals surface area contributed by atoms with Crippen molar-refractivity contribution in [2.75, 3.05) is 31.5 Å². The molecule has 10 heteroatoms. The minimum atomic E-state index is -0.878. The smallest absolute Gasteiger partial charge is 0.256 e. The molecule has 0 atom stereocenters. The fraction of sp³-hybridized carbons (Fsp3) is 0.278. The van der Waals surface area contributed by atoms with E-state index >= 15 is 8.78 Å². The molecule has 0 saturated carbocycles. The highest BCUT2D eigenvalue weighted by Crippen LogP contribution is 2.32. The molecule has 2 heterocycles. The van der Waals surface area contributed by atoms with Crippen LogP contribution in [0.2, 0.25) is 0 Å². The summed E-state index contributed by atoms with van der Waals surface area (Å²) < 4.78 is 31.1. The van der Waals surface area contributed by atoms with E-state index in [-0.39, 0.29) is 11.6 Å². The quantitative estimate of drug-likeness (QED) is 0.0912. The van der Waals surface area contributed by atoms with Gasteiger partial charge in [0.2, 0.25) is 5.95 Å². The number of anilines is 1. The van der Waals surface area contributed by atoms with Crippen molar-refractivity contribution < 1.29 is 8.78 Å². The van der Waals surface area contributed by atoms with Crippen LogP contribution in [0.1, 0.15) is 45.2 Å². The molecule has 0 aliphatic heterocycles. The highest BCUT2D eigenvalue weighted by molar-refractivity contribution is 6.03. The number of hydrogen-bond donors (Lipinski definition) is 2. The van der Waals surface area contributed by atoms with E-state index in [0.717, 1.165) is 54.0 Å². The van der Waals surface area contributed by atoms with Crippen LogP contribution in [0.5, 0.6) is 0 Å². The Morgan fingerprint density at radius 3 is 2.26 bits per heavy atom. The fourth-order valence-corrected chi connectivity index (χ4v) is 5.23. The van der Waals surface area contributed by atoms with Gasteiger partial charge in [-0.3, -0.25) is 9.36 Å². The molecule has 8 nitrogen and oxygen atoms in total. The summed E-state index contributed by atoms with van der Waals surface area (Å²) >= 11 is 0. The Morgan fingerprint density at radius 2 is 1.59 bits per heavy atom. The van der Waals surface area contributed by atoms with Gasteiger partial charge in [0, 0.05) is 29.1 Å². The van der Waals surface area contributed by atoms with Crippen molar-refractivity contribution in [2.45, 2.75) is 41.0 Å². The molecule has 46 heavy (non-hydrogen) atoms. The number of nitrogens with one attached hydrogen (secondary N) is 1. The average molecular weight is 626 g/mol. The number of aromatic nitrogens is 3. The Labute approximate surface area is 268 Å². The number of rotatable bonds is 11. The normalized spacial score (nSPS) is 11.4. The van der Waals surface area contributed by atoms with Gasteiger partial charge >= 0.3 is 0 Å². The van der Waals surface area contributed by atoms with Gasteiger partial charge in [-0.2, -0.15) is 4.98 Å². The van der Waals surface area contributed by atoms with Crippen LogP contribution in [0.15, 0.2) is 88.6 Å². The number of benzene rings is 3. The summed E-state index contributed by atoms with van der Waals surface area (Å²) in [6, 6.07) is 21.3. The standard InChI is InChI=1S/C34H35F2N7O.C2H6/c1-4-42(5-2)21-11-20-38-34-40-30(24-14-9-15-25(22(24)3)32(37)39-23-12-7-6-8-13-23)26-18-19-29(44)43(33(26)41-34)31-27(35)16-10-17-28(31)36;1-2/h6-10,12-19H,4-5,11,20-21H2,1-3H3,(H2,37,39)(H,38,40,41);1-2H3. The summed E-state index contributed by atoms with van der Waals surface area (Å²) in [6.07, 6.45) is 0.822. The largest absolute Gasteiger partial charge is 0.383 e. The lowest BCUT2D eigenvalue weighted by Crippen LogP contribution is -2.25. The van der Waals surface area contributed by atoms with Crippen LogP contribution in [0.4, 0.5) is 20.4 Å². The lowest BCUT2D eigenvalue weighted by atomic mass is 9.97. The van der Waals surface area contributed by atoms with Crippen molar-refractivity contribution in [3.8, 4) is 16.9 Å². The number of nitrogens with two attached hydrogens (primary N) is 1. The van der Waals surface area contributed by atoms with Crippen molar-refractivity contribution >= 4 is 28.5 Å². The molecule has 3 N–H and O–H groups in total. The maximum Gasteiger partial charge on any atom is 0.256 e. The number of hydrogen-bond acceptors (Lipinski definition) is 6. The maximum atomic E-state index is 15.1. The Hall–Kier alpha value is -4.96. The number of pyridine rings is 1. The number of fused-ring (bicyclic) bond motifs is 1. The Balaban J connectivity index is 0.00000235. The summed E-state index contributed by atoms with van der Waals surface area (Å²) in [4.78, 5) is 29.6. The van der Waals surface area contributed by atoms with Crippen molar-refractivity contribution in [3.63, 3.8) is 0 Å². The molecular weight excluding hydrogens is 584 g/mol. The first kappa shape index (κ1) is 33.9. The lowest BCUT2D eigenvalue weighted by molar-refractivity contribution is 0.303. The highest BCUT2D eigenvalue weighted by Gasteiger charge is 2.21. The molecule has 0 saturated heterocycles. The van der Waals surface area contributed by atoms with Gasteiger partial charge in [0.1, 0.15) is 23.2 Å². The van der Waals surface area contributed by atoms with Crippen LogP contribution < -0.4 is 16.6 Å². The van der Waals surface area contributed by atoms with Gasteiger partial charge in [-0.05, 0) is 68.9 Å². The Kier molecular flexibility index (Phi) is 11.7. The van der Waals surface area contributed by atoms with Crippen LogP contribution in [-0.2, 0) is 0 Å². The van der Waals surface area contributed by atoms with Gasteiger partial charge < -0.3 is 16.0 Å². The molecular formula is C36H41F2N7O. The van der Waals surface area contributed by atoms with Gasteiger partial charge in [-0.25, -0.2) is 18.8 Å². The summed E-state index contributed by atoms with van der Waals surface area (Å²) in [7, 11) is 0. The molecule has 5 rings (SSSR count). The molecule has 0 aliphatic rings. The van der Waals surface area contributed by atoms with Gasteiger partial charge in [0.25, 0.3) is 5.56 Å². The third-order valence-corrected chi connectivity index (χ3v) is 7.61. The third kappa shape index (κ3) is 7.46. The van der Waals surface area contributed by atoms with E-state index in [2.05, 4.69) is 34.0 Å². The Morgan fingerprint density at radius 1 is 0.913 bits per heavy atom. The average Bonchev–Trinajstić information content (AvgIpc) is 3.07. The zero-order chi connectivity index (χ0) is 33.2. The predicted octanol–water partition coefficient (Wildman–Crippen LogP) is 7.24. The van der Waals surface area contributed by atoms with Crippen molar-refractivity contribution in [1.82, 2.24) is 19.4 Å². The lowest BCUT2D eigenvalue weighted by Gasteiger charge is -2.19. The van der Waals surface area contributed by atoms with Crippen LogP contribution >= 0.6 is 0 Å². The number of nitrogens with zero attached hydrogens (tertiary/aromatic N) is 5.